The van der Waals surface area contributed by atoms with Gasteiger partial charge < -0.3 is 10.2 Å². The SMILES string of the molecule is CCC(c1ccccc1O)N1CCCC1(C)C(=O)O. The number of rotatable bonds is 4. The highest BCUT2D eigenvalue weighted by atomic mass is 16.4. The highest BCUT2D eigenvalue weighted by molar-refractivity contribution is 5.78. The highest BCUT2D eigenvalue weighted by Gasteiger charge is 2.46. The lowest BCUT2D eigenvalue weighted by Gasteiger charge is -2.37. The van der Waals surface area contributed by atoms with Gasteiger partial charge in [0.2, 0.25) is 0 Å². The van der Waals surface area contributed by atoms with E-state index in [9.17, 15) is 15.0 Å². The summed E-state index contributed by atoms with van der Waals surface area (Å²) in [6.07, 6.45) is 2.32. The van der Waals surface area contributed by atoms with Crippen LogP contribution in [0.25, 0.3) is 0 Å². The second-order valence-electron chi connectivity index (χ2n) is 5.36. The van der Waals surface area contributed by atoms with Gasteiger partial charge in [0, 0.05) is 11.6 Å². The number of hydrogen-bond donors (Lipinski definition) is 2. The quantitative estimate of drug-likeness (QED) is 0.877. The summed E-state index contributed by atoms with van der Waals surface area (Å²) >= 11 is 0. The van der Waals surface area contributed by atoms with Gasteiger partial charge in [-0.15, -0.1) is 0 Å². The van der Waals surface area contributed by atoms with E-state index >= 15 is 0 Å². The van der Waals surface area contributed by atoms with Crippen LogP contribution < -0.4 is 0 Å². The molecule has 0 aliphatic carbocycles. The third-order valence-electron chi connectivity index (χ3n) is 4.22. The van der Waals surface area contributed by atoms with Crippen LogP contribution in [0.5, 0.6) is 5.75 Å². The Hall–Kier alpha value is -1.55. The van der Waals surface area contributed by atoms with E-state index in [1.54, 1.807) is 19.1 Å². The monoisotopic (exact) mass is 263 g/mol. The second-order valence-corrected chi connectivity index (χ2v) is 5.36. The number of benzene rings is 1. The molecule has 1 heterocycles. The summed E-state index contributed by atoms with van der Waals surface area (Å²) in [6, 6.07) is 7.15. The number of carboxylic acids is 1. The molecule has 2 unspecified atom stereocenters. The van der Waals surface area contributed by atoms with Crippen molar-refractivity contribution in [1.29, 1.82) is 0 Å². The molecule has 104 valence electrons. The van der Waals surface area contributed by atoms with Gasteiger partial charge in [-0.1, -0.05) is 25.1 Å². The summed E-state index contributed by atoms with van der Waals surface area (Å²) in [5.74, 6) is -0.534. The molecule has 4 nitrogen and oxygen atoms in total. The van der Waals surface area contributed by atoms with Crippen LogP contribution in [0.4, 0.5) is 0 Å². The molecule has 0 radical (unpaired) electrons. The van der Waals surface area contributed by atoms with Crippen LogP contribution in [0.3, 0.4) is 0 Å². The first-order valence-electron chi connectivity index (χ1n) is 6.78. The third kappa shape index (κ3) is 2.32. The van der Waals surface area contributed by atoms with Gasteiger partial charge in [0.1, 0.15) is 11.3 Å². The zero-order valence-electron chi connectivity index (χ0n) is 11.5. The van der Waals surface area contributed by atoms with E-state index in [0.29, 0.717) is 6.42 Å². The average Bonchev–Trinajstić information content (AvgIpc) is 2.77. The Labute approximate surface area is 113 Å². The maximum atomic E-state index is 11.6. The van der Waals surface area contributed by atoms with Crippen LogP contribution in [0.1, 0.15) is 44.7 Å². The summed E-state index contributed by atoms with van der Waals surface area (Å²) < 4.78 is 0. The fourth-order valence-corrected chi connectivity index (χ4v) is 3.09. The van der Waals surface area contributed by atoms with E-state index in [1.807, 2.05) is 24.0 Å². The van der Waals surface area contributed by atoms with Crippen molar-refractivity contribution in [3.05, 3.63) is 29.8 Å². The van der Waals surface area contributed by atoms with Crippen LogP contribution in [0.15, 0.2) is 24.3 Å². The first-order chi connectivity index (χ1) is 9.00. The molecule has 1 aromatic rings. The van der Waals surface area contributed by atoms with Gasteiger partial charge in [0.05, 0.1) is 0 Å². The molecule has 0 saturated carbocycles. The number of hydrogen-bond acceptors (Lipinski definition) is 3. The van der Waals surface area contributed by atoms with E-state index in [0.717, 1.165) is 24.9 Å². The number of para-hydroxylation sites is 1. The van der Waals surface area contributed by atoms with Gasteiger partial charge in [0.15, 0.2) is 0 Å². The molecule has 0 bridgehead atoms. The van der Waals surface area contributed by atoms with Crippen LogP contribution in [0.2, 0.25) is 0 Å². The minimum atomic E-state index is -0.830. The van der Waals surface area contributed by atoms with E-state index in [2.05, 4.69) is 0 Å². The molecule has 1 aromatic carbocycles. The molecular formula is C15H21NO3. The van der Waals surface area contributed by atoms with Crippen LogP contribution >= 0.6 is 0 Å². The van der Waals surface area contributed by atoms with Crippen molar-refractivity contribution >= 4 is 5.97 Å². The lowest BCUT2D eigenvalue weighted by Crippen LogP contribution is -2.49. The average molecular weight is 263 g/mol. The molecule has 0 amide bonds. The first kappa shape index (κ1) is 13.9. The number of phenols is 1. The zero-order chi connectivity index (χ0) is 14.0. The van der Waals surface area contributed by atoms with Gasteiger partial charge in [-0.05, 0) is 38.8 Å². The number of likely N-dealkylation sites (tertiary alicyclic amines) is 1. The number of phenolic OH excluding ortho intramolecular Hbond substituents is 1. The minimum Gasteiger partial charge on any atom is -0.508 e. The number of nitrogens with zero attached hydrogens (tertiary/aromatic N) is 1. The third-order valence-corrected chi connectivity index (χ3v) is 4.22. The molecule has 1 saturated heterocycles. The first-order valence-corrected chi connectivity index (χ1v) is 6.78. The molecule has 2 N–H and O–H groups in total. The summed E-state index contributed by atoms with van der Waals surface area (Å²) in [5, 5.41) is 19.5. The number of aliphatic carboxylic acids is 1. The van der Waals surface area contributed by atoms with Gasteiger partial charge in [0.25, 0.3) is 0 Å². The van der Waals surface area contributed by atoms with Gasteiger partial charge in [-0.25, -0.2) is 0 Å². The molecule has 4 heteroatoms. The van der Waals surface area contributed by atoms with Crippen molar-refractivity contribution in [2.45, 2.75) is 44.7 Å². The van der Waals surface area contributed by atoms with Crippen molar-refractivity contribution < 1.29 is 15.0 Å². The number of carboxylic acid groups (broad SMARTS) is 1. The fourth-order valence-electron chi connectivity index (χ4n) is 3.09. The maximum Gasteiger partial charge on any atom is 0.323 e. The summed E-state index contributed by atoms with van der Waals surface area (Å²) in [7, 11) is 0. The predicted octanol–water partition coefficient (Wildman–Crippen LogP) is 2.78. The second kappa shape index (κ2) is 5.21. The van der Waals surface area contributed by atoms with Crippen molar-refractivity contribution in [3.8, 4) is 5.75 Å². The van der Waals surface area contributed by atoms with E-state index in [1.165, 1.54) is 0 Å². The molecular weight excluding hydrogens is 242 g/mol. The Balaban J connectivity index is 2.38. The molecule has 1 aliphatic rings. The van der Waals surface area contributed by atoms with Crippen molar-refractivity contribution in [2.24, 2.45) is 0 Å². The Morgan fingerprint density at radius 2 is 2.16 bits per heavy atom. The van der Waals surface area contributed by atoms with E-state index in [4.69, 9.17) is 0 Å². The largest absolute Gasteiger partial charge is 0.508 e. The van der Waals surface area contributed by atoms with Crippen molar-refractivity contribution in [1.82, 2.24) is 4.90 Å². The molecule has 1 fully saturated rings. The van der Waals surface area contributed by atoms with Crippen molar-refractivity contribution in [3.63, 3.8) is 0 Å². The molecule has 2 atom stereocenters. The highest BCUT2D eigenvalue weighted by Crippen LogP contribution is 2.40. The fraction of sp³-hybridized carbons (Fsp3) is 0.533. The minimum absolute atomic E-state index is 0.0511. The number of carbonyl (C=O) groups is 1. The lowest BCUT2D eigenvalue weighted by atomic mass is 9.94. The molecule has 0 spiro atoms. The Morgan fingerprint density at radius 3 is 2.74 bits per heavy atom. The van der Waals surface area contributed by atoms with E-state index < -0.39 is 11.5 Å². The van der Waals surface area contributed by atoms with Gasteiger partial charge in [-0.3, -0.25) is 9.69 Å². The molecule has 1 aliphatic heterocycles. The number of aromatic hydroxyl groups is 1. The Morgan fingerprint density at radius 1 is 1.47 bits per heavy atom. The van der Waals surface area contributed by atoms with Crippen LogP contribution in [-0.2, 0) is 4.79 Å². The summed E-state index contributed by atoms with van der Waals surface area (Å²) in [5.41, 5.74) is -0.0115. The standard InChI is InChI=1S/C15H21NO3/c1-3-12(11-7-4-5-8-13(11)17)16-10-6-9-15(16,2)14(18)19/h4-5,7-8,12,17H,3,6,9-10H2,1-2H3,(H,18,19). The van der Waals surface area contributed by atoms with Crippen LogP contribution in [0, 0.1) is 0 Å². The van der Waals surface area contributed by atoms with E-state index in [-0.39, 0.29) is 11.8 Å². The van der Waals surface area contributed by atoms with Gasteiger partial charge >= 0.3 is 5.97 Å². The molecule has 2 rings (SSSR count). The van der Waals surface area contributed by atoms with Crippen LogP contribution in [-0.4, -0.2) is 33.2 Å². The lowest BCUT2D eigenvalue weighted by molar-refractivity contribution is -0.150. The predicted molar refractivity (Wildman–Crippen MR) is 73.1 cm³/mol. The normalized spacial score (nSPS) is 25.4. The molecule has 0 aromatic heterocycles. The smallest absolute Gasteiger partial charge is 0.323 e. The van der Waals surface area contributed by atoms with Crippen molar-refractivity contribution in [2.75, 3.05) is 6.54 Å². The summed E-state index contributed by atoms with van der Waals surface area (Å²) in [4.78, 5) is 13.6. The topological polar surface area (TPSA) is 60.8 Å². The maximum absolute atomic E-state index is 11.6. The Kier molecular flexibility index (Phi) is 3.80. The van der Waals surface area contributed by atoms with Gasteiger partial charge in [-0.2, -0.15) is 0 Å². The summed E-state index contributed by atoms with van der Waals surface area (Å²) in [6.45, 7) is 4.57. The molecule has 19 heavy (non-hydrogen) atoms. The Bertz CT molecular complexity index is 474. The zero-order valence-corrected chi connectivity index (χ0v) is 11.5.